The molecule has 92 valence electrons. The molecule has 1 aliphatic rings. The highest BCUT2D eigenvalue weighted by molar-refractivity contribution is 6.32. The molecular formula is C12H14ClFN2O. The molecule has 3 nitrogen and oxygen atoms in total. The number of hydrogen-bond acceptors (Lipinski definition) is 2. The first kappa shape index (κ1) is 12.3. The minimum atomic E-state index is -0.541. The van der Waals surface area contributed by atoms with Crippen molar-refractivity contribution in [3.05, 3.63) is 28.8 Å². The van der Waals surface area contributed by atoms with Crippen LogP contribution in [0.2, 0.25) is 5.15 Å². The maximum absolute atomic E-state index is 13.1. The number of amides is 1. The summed E-state index contributed by atoms with van der Waals surface area (Å²) in [5.41, 5.74) is 0.147. The number of nitrogens with zero attached hydrogens (tertiary/aromatic N) is 2. The van der Waals surface area contributed by atoms with Crippen LogP contribution in [-0.2, 0) is 0 Å². The van der Waals surface area contributed by atoms with E-state index in [0.29, 0.717) is 12.5 Å². The normalized spacial score (nSPS) is 14.8. The third-order valence-corrected chi connectivity index (χ3v) is 3.18. The molecule has 17 heavy (non-hydrogen) atoms. The summed E-state index contributed by atoms with van der Waals surface area (Å²) in [5, 5.41) is 0.0608. The van der Waals surface area contributed by atoms with Crippen LogP contribution in [0.25, 0.3) is 0 Å². The van der Waals surface area contributed by atoms with E-state index in [1.807, 2.05) is 6.92 Å². The van der Waals surface area contributed by atoms with E-state index in [1.54, 1.807) is 4.90 Å². The molecule has 0 saturated heterocycles. The summed E-state index contributed by atoms with van der Waals surface area (Å²) in [4.78, 5) is 17.5. The van der Waals surface area contributed by atoms with E-state index in [2.05, 4.69) is 4.98 Å². The average molecular weight is 257 g/mol. The lowest BCUT2D eigenvalue weighted by molar-refractivity contribution is 0.0756. The summed E-state index contributed by atoms with van der Waals surface area (Å²) in [5.74, 6) is -0.184. The fraction of sp³-hybridized carbons (Fsp3) is 0.500. The molecule has 1 fully saturated rings. The van der Waals surface area contributed by atoms with Gasteiger partial charge in [0, 0.05) is 13.1 Å². The second-order valence-corrected chi connectivity index (χ2v) is 4.64. The van der Waals surface area contributed by atoms with Gasteiger partial charge in [0.1, 0.15) is 11.0 Å². The lowest BCUT2D eigenvalue weighted by Crippen LogP contribution is -2.33. The molecule has 0 bridgehead atoms. The highest BCUT2D eigenvalue weighted by Gasteiger charge is 2.27. The van der Waals surface area contributed by atoms with Gasteiger partial charge in [0.2, 0.25) is 0 Å². The molecule has 0 unspecified atom stereocenters. The number of hydrogen-bond donors (Lipinski definition) is 0. The van der Waals surface area contributed by atoms with Gasteiger partial charge in [-0.2, -0.15) is 0 Å². The quantitative estimate of drug-likeness (QED) is 0.776. The maximum atomic E-state index is 13.1. The van der Waals surface area contributed by atoms with Gasteiger partial charge >= 0.3 is 0 Å². The molecule has 0 spiro atoms. The molecule has 1 amide bonds. The van der Waals surface area contributed by atoms with Crippen LogP contribution in [0.15, 0.2) is 12.3 Å². The van der Waals surface area contributed by atoms with E-state index in [4.69, 9.17) is 11.6 Å². The van der Waals surface area contributed by atoms with E-state index < -0.39 is 5.82 Å². The Labute approximate surface area is 105 Å². The highest BCUT2D eigenvalue weighted by atomic mass is 35.5. The van der Waals surface area contributed by atoms with Crippen LogP contribution >= 0.6 is 11.6 Å². The number of rotatable bonds is 4. The Balaban J connectivity index is 2.18. The summed E-state index contributed by atoms with van der Waals surface area (Å²) in [6, 6.07) is 1.15. The average Bonchev–Trinajstić information content (AvgIpc) is 3.12. The molecule has 1 aromatic rings. The summed E-state index contributed by atoms with van der Waals surface area (Å²) in [6.07, 6.45) is 3.34. The highest BCUT2D eigenvalue weighted by Crippen LogP contribution is 2.30. The van der Waals surface area contributed by atoms with Crippen LogP contribution in [0.3, 0.4) is 0 Å². The third-order valence-electron chi connectivity index (χ3n) is 2.88. The zero-order valence-corrected chi connectivity index (χ0v) is 10.4. The first-order valence-electron chi connectivity index (χ1n) is 5.72. The predicted molar refractivity (Wildman–Crippen MR) is 63.5 cm³/mol. The van der Waals surface area contributed by atoms with Crippen LogP contribution < -0.4 is 0 Å². The molecule has 0 aromatic carbocycles. The second kappa shape index (κ2) is 5.00. The van der Waals surface area contributed by atoms with Crippen molar-refractivity contribution in [2.24, 2.45) is 5.92 Å². The van der Waals surface area contributed by atoms with E-state index in [-0.39, 0.29) is 16.6 Å². The number of halogens is 2. The van der Waals surface area contributed by atoms with E-state index in [9.17, 15) is 9.18 Å². The van der Waals surface area contributed by atoms with E-state index >= 15 is 0 Å². The van der Waals surface area contributed by atoms with Gasteiger partial charge in [0.25, 0.3) is 5.91 Å². The molecule has 1 heterocycles. The van der Waals surface area contributed by atoms with Gasteiger partial charge in [0.15, 0.2) is 0 Å². The molecule has 1 aliphatic carbocycles. The topological polar surface area (TPSA) is 33.2 Å². The SMILES string of the molecule is CCN(CC1CC1)C(=O)c1cc(F)cnc1Cl. The fourth-order valence-electron chi connectivity index (χ4n) is 1.71. The molecule has 2 rings (SSSR count). The van der Waals surface area contributed by atoms with Gasteiger partial charge < -0.3 is 4.90 Å². The van der Waals surface area contributed by atoms with Crippen LogP contribution in [0.4, 0.5) is 4.39 Å². The van der Waals surface area contributed by atoms with Crippen molar-refractivity contribution in [3.63, 3.8) is 0 Å². The van der Waals surface area contributed by atoms with Gasteiger partial charge in [-0.1, -0.05) is 11.6 Å². The van der Waals surface area contributed by atoms with Crippen molar-refractivity contribution in [2.75, 3.05) is 13.1 Å². The Kier molecular flexibility index (Phi) is 3.62. The Morgan fingerprint density at radius 3 is 2.94 bits per heavy atom. The van der Waals surface area contributed by atoms with Crippen molar-refractivity contribution in [1.29, 1.82) is 0 Å². The minimum Gasteiger partial charge on any atom is -0.339 e. The Morgan fingerprint density at radius 1 is 1.65 bits per heavy atom. The van der Waals surface area contributed by atoms with Crippen LogP contribution in [0.1, 0.15) is 30.1 Å². The fourth-order valence-corrected chi connectivity index (χ4v) is 1.89. The number of carbonyl (C=O) groups is 1. The van der Waals surface area contributed by atoms with Crippen molar-refractivity contribution in [1.82, 2.24) is 9.88 Å². The molecule has 1 aromatic heterocycles. The smallest absolute Gasteiger partial charge is 0.257 e. The Morgan fingerprint density at radius 2 is 2.35 bits per heavy atom. The summed E-state index contributed by atoms with van der Waals surface area (Å²) >= 11 is 5.82. The Bertz CT molecular complexity index is 435. The van der Waals surface area contributed by atoms with Crippen molar-refractivity contribution in [3.8, 4) is 0 Å². The van der Waals surface area contributed by atoms with E-state index in [0.717, 1.165) is 18.8 Å². The van der Waals surface area contributed by atoms with Gasteiger partial charge in [-0.05, 0) is 31.7 Å². The van der Waals surface area contributed by atoms with Crippen molar-refractivity contribution in [2.45, 2.75) is 19.8 Å². The maximum Gasteiger partial charge on any atom is 0.257 e. The van der Waals surface area contributed by atoms with Crippen LogP contribution in [0.5, 0.6) is 0 Å². The van der Waals surface area contributed by atoms with E-state index in [1.165, 1.54) is 12.8 Å². The van der Waals surface area contributed by atoms with Crippen LogP contribution in [0, 0.1) is 11.7 Å². The monoisotopic (exact) mass is 256 g/mol. The summed E-state index contributed by atoms with van der Waals surface area (Å²) in [7, 11) is 0. The minimum absolute atomic E-state index is 0.0608. The largest absolute Gasteiger partial charge is 0.339 e. The zero-order valence-electron chi connectivity index (χ0n) is 9.62. The molecule has 5 heteroatoms. The molecular weight excluding hydrogens is 243 g/mol. The summed E-state index contributed by atoms with van der Waals surface area (Å²) < 4.78 is 13.1. The van der Waals surface area contributed by atoms with Gasteiger partial charge in [-0.3, -0.25) is 4.79 Å². The predicted octanol–water partition coefficient (Wildman–Crippen LogP) is 2.75. The number of aromatic nitrogens is 1. The van der Waals surface area contributed by atoms with Gasteiger partial charge in [0.05, 0.1) is 11.8 Å². The third kappa shape index (κ3) is 2.94. The molecule has 0 radical (unpaired) electrons. The van der Waals surface area contributed by atoms with Gasteiger partial charge in [-0.25, -0.2) is 9.37 Å². The molecule has 0 atom stereocenters. The first-order valence-corrected chi connectivity index (χ1v) is 6.10. The molecule has 1 saturated carbocycles. The van der Waals surface area contributed by atoms with Crippen LogP contribution in [-0.4, -0.2) is 28.9 Å². The number of carbonyl (C=O) groups excluding carboxylic acids is 1. The van der Waals surface area contributed by atoms with Crippen molar-refractivity contribution >= 4 is 17.5 Å². The lowest BCUT2D eigenvalue weighted by Gasteiger charge is -2.21. The summed E-state index contributed by atoms with van der Waals surface area (Å²) in [6.45, 7) is 3.23. The lowest BCUT2D eigenvalue weighted by atomic mass is 10.2. The number of pyridine rings is 1. The molecule has 0 N–H and O–H groups in total. The second-order valence-electron chi connectivity index (χ2n) is 4.28. The van der Waals surface area contributed by atoms with Gasteiger partial charge in [-0.15, -0.1) is 0 Å². The Hall–Kier alpha value is -1.16. The van der Waals surface area contributed by atoms with Crippen molar-refractivity contribution < 1.29 is 9.18 Å². The molecule has 0 aliphatic heterocycles. The zero-order chi connectivity index (χ0) is 12.4. The standard InChI is InChI=1S/C12H14ClFN2O/c1-2-16(7-8-3-4-8)12(17)10-5-9(14)6-15-11(10)13/h5-6,8H,2-4,7H2,1H3. The first-order chi connectivity index (χ1) is 8.11.